The molecule has 0 spiro atoms. The molecule has 1 unspecified atom stereocenters. The molecule has 0 amide bonds. The molecule has 0 saturated carbocycles. The lowest BCUT2D eigenvalue weighted by molar-refractivity contribution is 0.302. The Bertz CT molecular complexity index is 431. The van der Waals surface area contributed by atoms with Crippen LogP contribution in [0, 0.1) is 0 Å². The second-order valence-electron chi connectivity index (χ2n) is 4.47. The number of hydrogen-bond donors (Lipinski definition) is 1. The summed E-state index contributed by atoms with van der Waals surface area (Å²) in [5, 5.41) is 0. The van der Waals surface area contributed by atoms with E-state index in [4.69, 9.17) is 0 Å². The van der Waals surface area contributed by atoms with Gasteiger partial charge in [0.1, 0.15) is 0 Å². The summed E-state index contributed by atoms with van der Waals surface area (Å²) in [4.78, 5) is 2.10. The fourth-order valence-electron chi connectivity index (χ4n) is 1.83. The van der Waals surface area contributed by atoms with Crippen molar-refractivity contribution >= 4 is 10.0 Å². The molecule has 0 aromatic heterocycles. The lowest BCUT2D eigenvalue weighted by Crippen LogP contribution is -2.39. The first-order valence-corrected chi connectivity index (χ1v) is 7.46. The van der Waals surface area contributed by atoms with Crippen LogP contribution < -0.4 is 4.72 Å². The first kappa shape index (κ1) is 14.2. The van der Waals surface area contributed by atoms with Crippen LogP contribution in [0.25, 0.3) is 0 Å². The summed E-state index contributed by atoms with van der Waals surface area (Å²) in [5.74, 6) is 0. The molecule has 0 fully saturated rings. The van der Waals surface area contributed by atoms with Crippen LogP contribution in [0.15, 0.2) is 30.3 Å². The molecule has 0 aliphatic rings. The van der Waals surface area contributed by atoms with E-state index in [1.54, 1.807) is 0 Å². The Morgan fingerprint density at radius 3 is 2.41 bits per heavy atom. The molecule has 0 bridgehead atoms. The highest BCUT2D eigenvalue weighted by Gasteiger charge is 2.11. The predicted octanol–water partition coefficient (Wildman–Crippen LogP) is 1.06. The van der Waals surface area contributed by atoms with Gasteiger partial charge in [-0.2, -0.15) is 0 Å². The van der Waals surface area contributed by atoms with Crippen LogP contribution in [0.3, 0.4) is 0 Å². The van der Waals surface area contributed by atoms with Gasteiger partial charge in [0.2, 0.25) is 10.0 Å². The van der Waals surface area contributed by atoms with Gasteiger partial charge >= 0.3 is 0 Å². The molecule has 0 radical (unpaired) electrons. The van der Waals surface area contributed by atoms with Crippen LogP contribution in [0.2, 0.25) is 0 Å². The van der Waals surface area contributed by atoms with Crippen molar-refractivity contribution in [3.8, 4) is 0 Å². The van der Waals surface area contributed by atoms with Crippen molar-refractivity contribution in [3.63, 3.8) is 0 Å². The maximum Gasteiger partial charge on any atom is 0.208 e. The minimum Gasteiger partial charge on any atom is -0.301 e. The fourth-order valence-corrected chi connectivity index (χ4v) is 2.64. The van der Waals surface area contributed by atoms with E-state index in [0.717, 1.165) is 6.54 Å². The van der Waals surface area contributed by atoms with Gasteiger partial charge in [0, 0.05) is 19.1 Å². The third kappa shape index (κ3) is 6.41. The minimum absolute atomic E-state index is 0.0845. The highest BCUT2D eigenvalue weighted by Crippen LogP contribution is 2.03. The molecule has 1 rings (SSSR count). The third-order valence-corrected chi connectivity index (χ3v) is 3.13. The van der Waals surface area contributed by atoms with E-state index >= 15 is 0 Å². The van der Waals surface area contributed by atoms with Gasteiger partial charge in [0.25, 0.3) is 0 Å². The molecule has 4 nitrogen and oxygen atoms in total. The van der Waals surface area contributed by atoms with Gasteiger partial charge < -0.3 is 4.90 Å². The predicted molar refractivity (Wildman–Crippen MR) is 70.2 cm³/mol. The highest BCUT2D eigenvalue weighted by molar-refractivity contribution is 7.88. The molecular weight excluding hydrogens is 236 g/mol. The van der Waals surface area contributed by atoms with E-state index in [-0.39, 0.29) is 6.04 Å². The Hall–Kier alpha value is -0.910. The molecule has 1 aromatic carbocycles. The monoisotopic (exact) mass is 256 g/mol. The van der Waals surface area contributed by atoms with E-state index in [2.05, 4.69) is 21.8 Å². The van der Waals surface area contributed by atoms with Gasteiger partial charge in [-0.3, -0.25) is 0 Å². The normalized spacial score (nSPS) is 13.9. The van der Waals surface area contributed by atoms with Gasteiger partial charge in [-0.25, -0.2) is 13.1 Å². The summed E-state index contributed by atoms with van der Waals surface area (Å²) >= 11 is 0. The van der Waals surface area contributed by atoms with Crippen LogP contribution in [-0.2, 0) is 16.6 Å². The summed E-state index contributed by atoms with van der Waals surface area (Å²) in [6, 6.07) is 10.0. The van der Waals surface area contributed by atoms with E-state index in [1.165, 1.54) is 11.8 Å². The number of hydrogen-bond acceptors (Lipinski definition) is 3. The van der Waals surface area contributed by atoms with Crippen LogP contribution in [0.4, 0.5) is 0 Å². The molecule has 1 N–H and O–H groups in total. The Labute approximate surface area is 104 Å². The fraction of sp³-hybridized carbons (Fsp3) is 0.500. The van der Waals surface area contributed by atoms with Crippen molar-refractivity contribution in [1.82, 2.24) is 9.62 Å². The van der Waals surface area contributed by atoms with Gasteiger partial charge in [-0.15, -0.1) is 0 Å². The second kappa shape index (κ2) is 6.14. The average molecular weight is 256 g/mol. The van der Waals surface area contributed by atoms with E-state index in [1.807, 2.05) is 32.2 Å². The van der Waals surface area contributed by atoms with Crippen LogP contribution in [0.5, 0.6) is 0 Å². The van der Waals surface area contributed by atoms with Crippen molar-refractivity contribution in [2.75, 3.05) is 19.8 Å². The Morgan fingerprint density at radius 1 is 1.29 bits per heavy atom. The number of nitrogens with one attached hydrogen (secondary N) is 1. The second-order valence-corrected chi connectivity index (χ2v) is 6.25. The smallest absolute Gasteiger partial charge is 0.208 e. The summed E-state index contributed by atoms with van der Waals surface area (Å²) in [6.07, 6.45) is 1.18. The molecule has 0 aliphatic heterocycles. The van der Waals surface area contributed by atoms with Gasteiger partial charge in [-0.05, 0) is 19.5 Å². The van der Waals surface area contributed by atoms with Crippen LogP contribution >= 0.6 is 0 Å². The molecule has 1 atom stereocenters. The van der Waals surface area contributed by atoms with E-state index < -0.39 is 10.0 Å². The quantitative estimate of drug-likeness (QED) is 0.828. The Kier molecular flexibility index (Phi) is 5.11. The molecular formula is C12H20N2O2S. The molecule has 1 aromatic rings. The van der Waals surface area contributed by atoms with Gasteiger partial charge in [0.15, 0.2) is 0 Å². The van der Waals surface area contributed by atoms with Crippen molar-refractivity contribution in [1.29, 1.82) is 0 Å². The third-order valence-electron chi connectivity index (χ3n) is 2.30. The maximum atomic E-state index is 11.1. The zero-order chi connectivity index (χ0) is 12.9. The standard InChI is InChI=1S/C12H20N2O2S/c1-11(13-17(3,15)16)9-14(2)10-12-7-5-4-6-8-12/h4-8,11,13H,9-10H2,1-3H3. The maximum absolute atomic E-state index is 11.1. The lowest BCUT2D eigenvalue weighted by Gasteiger charge is -2.21. The molecule has 0 saturated heterocycles. The summed E-state index contributed by atoms with van der Waals surface area (Å²) < 4.78 is 24.7. The Balaban J connectivity index is 2.42. The number of nitrogens with zero attached hydrogens (tertiary/aromatic N) is 1. The first-order valence-electron chi connectivity index (χ1n) is 5.56. The largest absolute Gasteiger partial charge is 0.301 e. The van der Waals surface area contributed by atoms with Crippen LogP contribution in [0.1, 0.15) is 12.5 Å². The van der Waals surface area contributed by atoms with Crippen molar-refractivity contribution in [3.05, 3.63) is 35.9 Å². The molecule has 5 heteroatoms. The van der Waals surface area contributed by atoms with Crippen molar-refractivity contribution in [2.45, 2.75) is 19.5 Å². The number of likely N-dealkylation sites (N-methyl/N-ethyl adjacent to an activating group) is 1. The van der Waals surface area contributed by atoms with E-state index in [9.17, 15) is 8.42 Å². The van der Waals surface area contributed by atoms with Gasteiger partial charge in [-0.1, -0.05) is 30.3 Å². The number of benzene rings is 1. The minimum atomic E-state index is -3.12. The van der Waals surface area contributed by atoms with Crippen LogP contribution in [-0.4, -0.2) is 39.2 Å². The highest BCUT2D eigenvalue weighted by atomic mass is 32.2. The van der Waals surface area contributed by atoms with Crippen molar-refractivity contribution < 1.29 is 8.42 Å². The average Bonchev–Trinajstić information content (AvgIpc) is 2.15. The summed E-state index contributed by atoms with van der Waals surface area (Å²) in [6.45, 7) is 3.36. The lowest BCUT2D eigenvalue weighted by atomic mass is 10.2. The van der Waals surface area contributed by atoms with Crippen molar-refractivity contribution in [2.24, 2.45) is 0 Å². The number of rotatable bonds is 6. The van der Waals surface area contributed by atoms with E-state index in [0.29, 0.717) is 6.54 Å². The molecule has 0 heterocycles. The molecule has 0 aliphatic carbocycles. The SMILES string of the molecule is CC(CN(C)Cc1ccccc1)NS(C)(=O)=O. The topological polar surface area (TPSA) is 49.4 Å². The molecule has 17 heavy (non-hydrogen) atoms. The zero-order valence-corrected chi connectivity index (χ0v) is 11.4. The van der Waals surface area contributed by atoms with Gasteiger partial charge in [0.05, 0.1) is 6.26 Å². The zero-order valence-electron chi connectivity index (χ0n) is 10.6. The molecule has 96 valence electrons. The Morgan fingerprint density at radius 2 is 1.88 bits per heavy atom. The number of sulfonamides is 1. The first-order chi connectivity index (χ1) is 7.87. The summed E-state index contributed by atoms with van der Waals surface area (Å²) in [5.41, 5.74) is 1.22. The summed E-state index contributed by atoms with van der Waals surface area (Å²) in [7, 11) is -1.14.